The Labute approximate surface area is 166 Å². The Kier molecular flexibility index (Phi) is 7.20. The van der Waals surface area contributed by atoms with Gasteiger partial charge >= 0.3 is 29.6 Å². The van der Waals surface area contributed by atoms with Crippen molar-refractivity contribution in [1.82, 2.24) is 0 Å². The van der Waals surface area contributed by atoms with E-state index >= 15 is 0 Å². The standard InChI is InChI=1S/C14H15N3O6S.Na/c1-22-13-7-11(14(23-2)6-9(13)15)17-16-10-5-8(24(19,20)21)3-4-12(10)18;/h3-7,18H,15H2,1-2H3,(H,19,20,21);/q;+1/p-1. The number of nitrogens with zero attached hydrogens (tertiary/aromatic N) is 2. The molecule has 0 bridgehead atoms. The molecular weight excluding hydrogens is 361 g/mol. The average Bonchev–Trinajstić information content (AvgIpc) is 2.53. The molecule has 0 saturated carbocycles. The van der Waals surface area contributed by atoms with E-state index in [0.717, 1.165) is 18.2 Å². The van der Waals surface area contributed by atoms with Gasteiger partial charge in [0.2, 0.25) is 0 Å². The van der Waals surface area contributed by atoms with Gasteiger partial charge in [-0.15, -0.1) is 5.11 Å². The van der Waals surface area contributed by atoms with Gasteiger partial charge in [-0.1, -0.05) is 11.8 Å². The monoisotopic (exact) mass is 375 g/mol. The molecule has 0 atom stereocenters. The van der Waals surface area contributed by atoms with Gasteiger partial charge in [-0.25, -0.2) is 0 Å². The van der Waals surface area contributed by atoms with Crippen LogP contribution >= 0.6 is 0 Å². The maximum Gasteiger partial charge on any atom is 1.00 e. The van der Waals surface area contributed by atoms with Crippen molar-refractivity contribution in [2.75, 3.05) is 20.0 Å². The molecule has 0 radical (unpaired) electrons. The normalized spacial score (nSPS) is 11.2. The van der Waals surface area contributed by atoms with Crippen LogP contribution in [0.3, 0.4) is 0 Å². The van der Waals surface area contributed by atoms with Gasteiger partial charge in [-0.2, -0.15) is 13.5 Å². The summed E-state index contributed by atoms with van der Waals surface area (Å²) in [6, 6.07) is 5.79. The summed E-state index contributed by atoms with van der Waals surface area (Å²) in [6.45, 7) is 0. The van der Waals surface area contributed by atoms with E-state index in [1.807, 2.05) is 0 Å². The molecule has 0 amide bonds. The first-order valence-corrected chi connectivity index (χ1v) is 7.92. The molecule has 0 fully saturated rings. The molecule has 0 aromatic heterocycles. The zero-order valence-corrected chi connectivity index (χ0v) is 16.6. The first-order chi connectivity index (χ1) is 11.3. The van der Waals surface area contributed by atoms with Crippen LogP contribution in [-0.4, -0.2) is 27.2 Å². The number of azo groups is 1. The van der Waals surface area contributed by atoms with Gasteiger partial charge in [0.05, 0.1) is 30.5 Å². The Bertz CT molecular complexity index is 902. The molecule has 0 aliphatic heterocycles. The van der Waals surface area contributed by atoms with Crippen LogP contribution in [0.5, 0.6) is 17.2 Å². The first kappa shape index (κ1) is 21.2. The minimum Gasteiger partial charge on any atom is -0.871 e. The van der Waals surface area contributed by atoms with Gasteiger partial charge in [0, 0.05) is 12.1 Å². The fraction of sp³-hybridized carbons (Fsp3) is 0.143. The van der Waals surface area contributed by atoms with Crippen molar-refractivity contribution in [2.45, 2.75) is 4.90 Å². The summed E-state index contributed by atoms with van der Waals surface area (Å²) in [6.07, 6.45) is 0. The molecule has 3 N–H and O–H groups in total. The Hall–Kier alpha value is -1.85. The molecule has 128 valence electrons. The Morgan fingerprint density at radius 1 is 1.04 bits per heavy atom. The third kappa shape index (κ3) is 5.06. The van der Waals surface area contributed by atoms with E-state index in [1.54, 1.807) is 0 Å². The smallest absolute Gasteiger partial charge is 0.871 e. The van der Waals surface area contributed by atoms with Gasteiger partial charge < -0.3 is 20.3 Å². The first-order valence-electron chi connectivity index (χ1n) is 6.48. The molecule has 2 aromatic carbocycles. The van der Waals surface area contributed by atoms with E-state index in [-0.39, 0.29) is 46.7 Å². The van der Waals surface area contributed by atoms with Crippen molar-refractivity contribution in [3.63, 3.8) is 0 Å². The minimum absolute atomic E-state index is 0. The summed E-state index contributed by atoms with van der Waals surface area (Å²) in [5, 5.41) is 19.3. The summed E-state index contributed by atoms with van der Waals surface area (Å²) < 4.78 is 41.5. The second kappa shape index (κ2) is 8.50. The maximum atomic E-state index is 11.7. The molecule has 9 nitrogen and oxygen atoms in total. The number of benzene rings is 2. The quantitative estimate of drug-likeness (QED) is 0.296. The molecular formula is C14H14N3NaO6S. The molecule has 0 aliphatic rings. The summed E-state index contributed by atoms with van der Waals surface area (Å²) >= 11 is 0. The van der Waals surface area contributed by atoms with E-state index in [2.05, 4.69) is 10.2 Å². The van der Waals surface area contributed by atoms with Gasteiger partial charge in [0.1, 0.15) is 17.2 Å². The van der Waals surface area contributed by atoms with Crippen molar-refractivity contribution >= 4 is 27.2 Å². The molecule has 2 aromatic rings. The fourth-order valence-electron chi connectivity index (χ4n) is 1.83. The van der Waals surface area contributed by atoms with Gasteiger partial charge in [0.15, 0.2) is 0 Å². The molecule has 25 heavy (non-hydrogen) atoms. The Morgan fingerprint density at radius 2 is 1.64 bits per heavy atom. The van der Waals surface area contributed by atoms with Gasteiger partial charge in [0.25, 0.3) is 10.1 Å². The number of ether oxygens (including phenoxy) is 2. The third-order valence-electron chi connectivity index (χ3n) is 3.02. The van der Waals surface area contributed by atoms with Crippen LogP contribution in [0.4, 0.5) is 17.1 Å². The Morgan fingerprint density at radius 3 is 2.20 bits per heavy atom. The molecule has 0 unspecified atom stereocenters. The molecule has 0 spiro atoms. The minimum atomic E-state index is -4.46. The zero-order chi connectivity index (χ0) is 17.9. The van der Waals surface area contributed by atoms with Crippen molar-refractivity contribution < 1.29 is 57.1 Å². The topological polar surface area (TPSA) is 147 Å². The second-order valence-electron chi connectivity index (χ2n) is 4.57. The van der Waals surface area contributed by atoms with Crippen LogP contribution in [0.1, 0.15) is 0 Å². The number of rotatable bonds is 5. The molecule has 0 heterocycles. The summed E-state index contributed by atoms with van der Waals surface area (Å²) in [5.41, 5.74) is 6.04. The van der Waals surface area contributed by atoms with Crippen molar-refractivity contribution in [3.05, 3.63) is 30.3 Å². The summed E-state index contributed by atoms with van der Waals surface area (Å²) in [7, 11) is -1.63. The van der Waals surface area contributed by atoms with Crippen LogP contribution in [0.2, 0.25) is 0 Å². The van der Waals surface area contributed by atoms with E-state index in [9.17, 15) is 13.5 Å². The number of hydrogen-bond acceptors (Lipinski definition) is 8. The van der Waals surface area contributed by atoms with E-state index in [0.29, 0.717) is 11.4 Å². The zero-order valence-electron chi connectivity index (χ0n) is 13.8. The largest absolute Gasteiger partial charge is 1.00 e. The second-order valence-corrected chi connectivity index (χ2v) is 5.99. The molecule has 0 aliphatic carbocycles. The molecule has 0 saturated heterocycles. The third-order valence-corrected chi connectivity index (χ3v) is 3.87. The van der Waals surface area contributed by atoms with Crippen molar-refractivity contribution in [3.8, 4) is 17.2 Å². The Balaban J connectivity index is 0.00000312. The van der Waals surface area contributed by atoms with Gasteiger partial charge in [-0.05, 0) is 12.1 Å². The molecule has 2 rings (SSSR count). The van der Waals surface area contributed by atoms with Crippen LogP contribution in [-0.2, 0) is 10.1 Å². The number of nitrogen functional groups attached to an aromatic ring is 1. The van der Waals surface area contributed by atoms with Crippen molar-refractivity contribution in [2.24, 2.45) is 10.2 Å². The van der Waals surface area contributed by atoms with E-state index in [1.165, 1.54) is 26.4 Å². The number of methoxy groups -OCH3 is 2. The van der Waals surface area contributed by atoms with Crippen LogP contribution < -0.4 is 49.9 Å². The maximum absolute atomic E-state index is 11.7. The predicted molar refractivity (Wildman–Crippen MR) is 83.8 cm³/mol. The van der Waals surface area contributed by atoms with Gasteiger partial charge in [-0.3, -0.25) is 4.55 Å². The van der Waals surface area contributed by atoms with Crippen LogP contribution in [0, 0.1) is 0 Å². The van der Waals surface area contributed by atoms with Crippen LogP contribution in [0.25, 0.3) is 0 Å². The van der Waals surface area contributed by atoms with Crippen LogP contribution in [0.15, 0.2) is 45.5 Å². The number of hydrogen-bond donors (Lipinski definition) is 2. The predicted octanol–water partition coefficient (Wildman–Crippen LogP) is -0.974. The SMILES string of the molecule is COc1cc(N=Nc2cc(S(=O)(=O)O)ccc2[O-])c(OC)cc1N.[Na+]. The van der Waals surface area contributed by atoms with Crippen molar-refractivity contribution in [1.29, 1.82) is 0 Å². The number of nitrogens with two attached hydrogens (primary N) is 1. The summed E-state index contributed by atoms with van der Waals surface area (Å²) in [5.74, 6) is 0.0572. The fourth-order valence-corrected chi connectivity index (χ4v) is 2.33. The van der Waals surface area contributed by atoms with E-state index < -0.39 is 20.8 Å². The molecule has 11 heteroatoms. The average molecular weight is 375 g/mol. The number of anilines is 1. The summed E-state index contributed by atoms with van der Waals surface area (Å²) in [4.78, 5) is -0.460. The van der Waals surface area contributed by atoms with E-state index in [4.69, 9.17) is 19.8 Å².